The van der Waals surface area contributed by atoms with E-state index >= 15 is 0 Å². The Kier molecular flexibility index (Phi) is 5.84. The topological polar surface area (TPSA) is 58.1 Å². The summed E-state index contributed by atoms with van der Waals surface area (Å²) in [5, 5.41) is 3.25. The van der Waals surface area contributed by atoms with E-state index in [9.17, 15) is 9.18 Å². The molecule has 28 heavy (non-hydrogen) atoms. The second-order valence-corrected chi connectivity index (χ2v) is 7.91. The van der Waals surface area contributed by atoms with Gasteiger partial charge in [-0.2, -0.15) is 0 Å². The van der Waals surface area contributed by atoms with Gasteiger partial charge in [-0.25, -0.2) is 14.4 Å². The van der Waals surface area contributed by atoms with Crippen molar-refractivity contribution in [1.29, 1.82) is 0 Å². The lowest BCUT2D eigenvalue weighted by Crippen LogP contribution is -2.46. The van der Waals surface area contributed by atoms with Crippen molar-refractivity contribution in [3.8, 4) is 11.1 Å². The van der Waals surface area contributed by atoms with E-state index in [4.69, 9.17) is 0 Å². The van der Waals surface area contributed by atoms with E-state index in [-0.39, 0.29) is 17.6 Å². The Morgan fingerprint density at radius 2 is 1.82 bits per heavy atom. The molecule has 5 nitrogen and oxygen atoms in total. The summed E-state index contributed by atoms with van der Waals surface area (Å²) < 4.78 is 13.4. The molecule has 4 rings (SSSR count). The average molecular weight is 382 g/mol. The molecule has 0 bridgehead atoms. The molecule has 2 aliphatic rings. The molecule has 1 saturated heterocycles. The molecule has 6 heteroatoms. The molecule has 2 fully saturated rings. The van der Waals surface area contributed by atoms with E-state index < -0.39 is 0 Å². The van der Waals surface area contributed by atoms with Gasteiger partial charge >= 0.3 is 0 Å². The number of hydrogen-bond acceptors (Lipinski definition) is 4. The molecule has 1 N–H and O–H groups in total. The first-order valence-corrected chi connectivity index (χ1v) is 10.3. The minimum absolute atomic E-state index is 0.0119. The van der Waals surface area contributed by atoms with Crippen molar-refractivity contribution < 1.29 is 9.18 Å². The molecule has 2 aromatic rings. The summed E-state index contributed by atoms with van der Waals surface area (Å²) >= 11 is 0. The fourth-order valence-corrected chi connectivity index (χ4v) is 4.24. The Balaban J connectivity index is 1.39. The van der Waals surface area contributed by atoms with Gasteiger partial charge in [-0.05, 0) is 43.4 Å². The van der Waals surface area contributed by atoms with Crippen molar-refractivity contribution in [1.82, 2.24) is 15.3 Å². The highest BCUT2D eigenvalue weighted by Crippen LogP contribution is 2.24. The molecule has 1 aromatic heterocycles. The van der Waals surface area contributed by atoms with Crippen LogP contribution in [0.5, 0.6) is 0 Å². The minimum atomic E-state index is -0.274. The van der Waals surface area contributed by atoms with E-state index in [0.29, 0.717) is 18.5 Å². The summed E-state index contributed by atoms with van der Waals surface area (Å²) in [6.45, 7) is 1.50. The van der Waals surface area contributed by atoms with E-state index in [1.807, 2.05) is 6.07 Å². The molecule has 1 unspecified atom stereocenters. The maximum absolute atomic E-state index is 13.4. The molecule has 1 amide bonds. The lowest BCUT2D eigenvalue weighted by molar-refractivity contribution is -0.126. The summed E-state index contributed by atoms with van der Waals surface area (Å²) in [6.07, 6.45) is 11.2. The molecule has 1 aliphatic heterocycles. The van der Waals surface area contributed by atoms with Crippen LogP contribution in [0.2, 0.25) is 0 Å². The molecule has 0 radical (unpaired) electrons. The van der Waals surface area contributed by atoms with Crippen LogP contribution in [0.4, 0.5) is 10.3 Å². The zero-order chi connectivity index (χ0) is 19.3. The molecule has 148 valence electrons. The number of rotatable bonds is 4. The third-order valence-corrected chi connectivity index (χ3v) is 5.82. The Morgan fingerprint density at radius 1 is 1.04 bits per heavy atom. The van der Waals surface area contributed by atoms with Crippen molar-refractivity contribution in [3.05, 3.63) is 42.5 Å². The zero-order valence-electron chi connectivity index (χ0n) is 16.1. The van der Waals surface area contributed by atoms with Crippen molar-refractivity contribution in [2.24, 2.45) is 5.92 Å². The van der Waals surface area contributed by atoms with Gasteiger partial charge in [0.25, 0.3) is 0 Å². The molecular weight excluding hydrogens is 355 g/mol. The van der Waals surface area contributed by atoms with Crippen LogP contribution in [0.3, 0.4) is 0 Å². The molecular formula is C22H27FN4O. The monoisotopic (exact) mass is 382 g/mol. The number of nitrogens with one attached hydrogen (secondary N) is 1. The lowest BCUT2D eigenvalue weighted by atomic mass is 9.93. The van der Waals surface area contributed by atoms with Gasteiger partial charge in [-0.3, -0.25) is 4.79 Å². The van der Waals surface area contributed by atoms with Crippen LogP contribution in [0, 0.1) is 11.7 Å². The number of nitrogens with zero attached hydrogens (tertiary/aromatic N) is 3. The minimum Gasteiger partial charge on any atom is -0.353 e. The van der Waals surface area contributed by atoms with Crippen LogP contribution in [-0.4, -0.2) is 35.0 Å². The highest BCUT2D eigenvalue weighted by molar-refractivity contribution is 5.79. The van der Waals surface area contributed by atoms with Crippen LogP contribution in [0.1, 0.15) is 44.9 Å². The number of benzene rings is 1. The third kappa shape index (κ3) is 4.49. The average Bonchev–Trinajstić information content (AvgIpc) is 2.75. The predicted molar refractivity (Wildman–Crippen MR) is 107 cm³/mol. The van der Waals surface area contributed by atoms with Gasteiger partial charge in [0, 0.05) is 37.1 Å². The van der Waals surface area contributed by atoms with E-state index in [2.05, 4.69) is 20.2 Å². The first-order chi connectivity index (χ1) is 13.7. The summed E-state index contributed by atoms with van der Waals surface area (Å²) in [5.41, 5.74) is 1.54. The number of hydrogen-bond donors (Lipinski definition) is 1. The van der Waals surface area contributed by atoms with Gasteiger partial charge in [0.2, 0.25) is 11.9 Å². The van der Waals surface area contributed by atoms with Crippen LogP contribution >= 0.6 is 0 Å². The standard InChI is InChI=1S/C22H27FN4O/c23-19-8-4-6-16(12-19)18-13-24-22(25-14-18)27-11-5-7-17(15-27)21(28)26-20-9-2-1-3-10-20/h4,6,8,12-14,17,20H,1-3,5,7,9-11,15H2,(H,26,28). The quantitative estimate of drug-likeness (QED) is 0.870. The summed E-state index contributed by atoms with van der Waals surface area (Å²) in [4.78, 5) is 23.7. The smallest absolute Gasteiger partial charge is 0.225 e. The van der Waals surface area contributed by atoms with E-state index in [0.717, 1.165) is 43.4 Å². The van der Waals surface area contributed by atoms with Gasteiger partial charge in [0.1, 0.15) is 5.82 Å². The van der Waals surface area contributed by atoms with Crippen LogP contribution < -0.4 is 10.2 Å². The normalized spacial score (nSPS) is 20.8. The second kappa shape index (κ2) is 8.67. The Morgan fingerprint density at radius 3 is 2.57 bits per heavy atom. The Hall–Kier alpha value is -2.50. The molecule has 2 heterocycles. The summed E-state index contributed by atoms with van der Waals surface area (Å²) in [7, 11) is 0. The maximum atomic E-state index is 13.4. The van der Waals surface area contributed by atoms with Crippen LogP contribution in [0.15, 0.2) is 36.7 Å². The summed E-state index contributed by atoms with van der Waals surface area (Å²) in [5.74, 6) is 0.523. The number of amides is 1. The number of carbonyl (C=O) groups excluding carboxylic acids is 1. The largest absolute Gasteiger partial charge is 0.353 e. The molecule has 1 aliphatic carbocycles. The maximum Gasteiger partial charge on any atom is 0.225 e. The van der Waals surface area contributed by atoms with E-state index in [1.54, 1.807) is 18.5 Å². The highest BCUT2D eigenvalue weighted by atomic mass is 19.1. The first kappa shape index (κ1) is 18.8. The van der Waals surface area contributed by atoms with Crippen LogP contribution in [0.25, 0.3) is 11.1 Å². The Bertz CT molecular complexity index is 804. The Labute approximate surface area is 165 Å². The number of piperidine rings is 1. The SMILES string of the molecule is O=C(NC1CCCCC1)C1CCCN(c2ncc(-c3cccc(F)c3)cn2)C1. The van der Waals surface area contributed by atoms with Crippen LogP contribution in [-0.2, 0) is 4.79 Å². The first-order valence-electron chi connectivity index (χ1n) is 10.3. The van der Waals surface area contributed by atoms with Gasteiger partial charge in [0.15, 0.2) is 0 Å². The highest BCUT2D eigenvalue weighted by Gasteiger charge is 2.28. The molecule has 1 atom stereocenters. The molecule has 0 spiro atoms. The number of halogens is 1. The van der Waals surface area contributed by atoms with Crippen molar-refractivity contribution in [2.45, 2.75) is 51.0 Å². The molecule has 1 saturated carbocycles. The van der Waals surface area contributed by atoms with Crippen molar-refractivity contribution in [2.75, 3.05) is 18.0 Å². The molecule has 1 aromatic carbocycles. The number of anilines is 1. The van der Waals surface area contributed by atoms with Gasteiger partial charge in [0.05, 0.1) is 5.92 Å². The third-order valence-electron chi connectivity index (χ3n) is 5.82. The van der Waals surface area contributed by atoms with E-state index in [1.165, 1.54) is 31.4 Å². The van der Waals surface area contributed by atoms with Gasteiger partial charge in [-0.15, -0.1) is 0 Å². The fourth-order valence-electron chi connectivity index (χ4n) is 4.24. The number of aromatic nitrogens is 2. The zero-order valence-corrected chi connectivity index (χ0v) is 16.1. The van der Waals surface area contributed by atoms with Crippen molar-refractivity contribution in [3.63, 3.8) is 0 Å². The number of carbonyl (C=O) groups is 1. The van der Waals surface area contributed by atoms with Crippen molar-refractivity contribution >= 4 is 11.9 Å². The second-order valence-electron chi connectivity index (χ2n) is 7.91. The predicted octanol–water partition coefficient (Wildman–Crippen LogP) is 3.95. The fraction of sp³-hybridized carbons (Fsp3) is 0.500. The lowest BCUT2D eigenvalue weighted by Gasteiger charge is -2.33. The summed E-state index contributed by atoms with van der Waals surface area (Å²) in [6, 6.07) is 6.76. The van der Waals surface area contributed by atoms with Gasteiger partial charge in [-0.1, -0.05) is 31.4 Å². The van der Waals surface area contributed by atoms with Gasteiger partial charge < -0.3 is 10.2 Å².